The third kappa shape index (κ3) is 5.31. The first-order chi connectivity index (χ1) is 10.7. The number of hydrogen-bond donors (Lipinski definition) is 1. The lowest BCUT2D eigenvalue weighted by molar-refractivity contribution is -0.122. The fourth-order valence-electron chi connectivity index (χ4n) is 2.71. The zero-order valence-corrected chi connectivity index (χ0v) is 13.7. The zero-order chi connectivity index (χ0) is 15.8. The molecule has 1 aliphatic heterocycles. The minimum absolute atomic E-state index is 0.134. The van der Waals surface area contributed by atoms with Crippen molar-refractivity contribution in [2.45, 2.75) is 13.3 Å². The maximum absolute atomic E-state index is 11.6. The van der Waals surface area contributed by atoms with E-state index in [2.05, 4.69) is 27.2 Å². The maximum atomic E-state index is 11.6. The van der Waals surface area contributed by atoms with E-state index in [9.17, 15) is 4.79 Å². The number of amides is 1. The molecule has 1 aliphatic rings. The second-order valence-electron chi connectivity index (χ2n) is 5.67. The normalized spacial score (nSPS) is 16.5. The lowest BCUT2D eigenvalue weighted by atomic mass is 10.1. The molecule has 1 heterocycles. The number of nitrogens with zero attached hydrogens (tertiary/aromatic N) is 2. The van der Waals surface area contributed by atoms with Crippen LogP contribution in [0.4, 0.5) is 0 Å². The molecule has 22 heavy (non-hydrogen) atoms. The van der Waals surface area contributed by atoms with Gasteiger partial charge in [0.25, 0.3) is 0 Å². The smallest absolute Gasteiger partial charge is 0.234 e. The predicted octanol–water partition coefficient (Wildman–Crippen LogP) is 0.991. The molecule has 1 aromatic rings. The average molecular weight is 305 g/mol. The predicted molar refractivity (Wildman–Crippen MR) is 88.3 cm³/mol. The summed E-state index contributed by atoms with van der Waals surface area (Å²) in [6.07, 6.45) is 1.06. The SMILES string of the molecule is CCNC(=O)CN1CCN(CCc2ccc(OC)cc2)CC1. The van der Waals surface area contributed by atoms with Crippen molar-refractivity contribution in [1.29, 1.82) is 0 Å². The van der Waals surface area contributed by atoms with Crippen molar-refractivity contribution in [3.8, 4) is 5.75 Å². The Morgan fingerprint density at radius 1 is 1.14 bits per heavy atom. The van der Waals surface area contributed by atoms with Gasteiger partial charge in [-0.15, -0.1) is 0 Å². The summed E-state index contributed by atoms with van der Waals surface area (Å²) in [6.45, 7) is 8.28. The molecule has 0 saturated carbocycles. The highest BCUT2D eigenvalue weighted by atomic mass is 16.5. The molecule has 0 unspecified atom stereocenters. The minimum atomic E-state index is 0.134. The number of benzene rings is 1. The number of rotatable bonds is 7. The molecule has 2 rings (SSSR count). The van der Waals surface area contributed by atoms with Gasteiger partial charge in [-0.3, -0.25) is 9.69 Å². The molecule has 0 spiro atoms. The standard InChI is InChI=1S/C17H27N3O2/c1-3-18-17(21)14-20-12-10-19(11-13-20)9-8-15-4-6-16(22-2)7-5-15/h4-7H,3,8-14H2,1-2H3,(H,18,21). The van der Waals surface area contributed by atoms with Crippen LogP contribution >= 0.6 is 0 Å². The van der Waals surface area contributed by atoms with E-state index in [0.717, 1.165) is 44.9 Å². The van der Waals surface area contributed by atoms with Crippen LogP contribution in [0.3, 0.4) is 0 Å². The zero-order valence-electron chi connectivity index (χ0n) is 13.7. The Balaban J connectivity index is 1.67. The van der Waals surface area contributed by atoms with Gasteiger partial charge in [0.15, 0.2) is 0 Å². The van der Waals surface area contributed by atoms with E-state index in [0.29, 0.717) is 13.1 Å². The monoisotopic (exact) mass is 305 g/mol. The number of likely N-dealkylation sites (N-methyl/N-ethyl adjacent to an activating group) is 1. The van der Waals surface area contributed by atoms with E-state index in [-0.39, 0.29) is 5.91 Å². The molecular weight excluding hydrogens is 278 g/mol. The van der Waals surface area contributed by atoms with Gasteiger partial charge in [-0.25, -0.2) is 0 Å². The van der Waals surface area contributed by atoms with E-state index < -0.39 is 0 Å². The van der Waals surface area contributed by atoms with E-state index in [1.807, 2.05) is 19.1 Å². The van der Waals surface area contributed by atoms with Crippen molar-refractivity contribution < 1.29 is 9.53 Å². The van der Waals surface area contributed by atoms with Gasteiger partial charge in [-0.1, -0.05) is 12.1 Å². The highest BCUT2D eigenvalue weighted by molar-refractivity contribution is 5.77. The topological polar surface area (TPSA) is 44.8 Å². The van der Waals surface area contributed by atoms with Crippen LogP contribution in [0.1, 0.15) is 12.5 Å². The molecule has 1 N–H and O–H groups in total. The third-order valence-corrected chi connectivity index (χ3v) is 4.08. The second kappa shape index (κ2) is 8.76. The van der Waals surface area contributed by atoms with Crippen molar-refractivity contribution in [2.24, 2.45) is 0 Å². The van der Waals surface area contributed by atoms with Gasteiger partial charge in [-0.05, 0) is 31.0 Å². The van der Waals surface area contributed by atoms with Crippen molar-refractivity contribution in [2.75, 3.05) is 52.9 Å². The fourth-order valence-corrected chi connectivity index (χ4v) is 2.71. The van der Waals surface area contributed by atoms with Crippen molar-refractivity contribution in [3.05, 3.63) is 29.8 Å². The molecule has 0 bridgehead atoms. The van der Waals surface area contributed by atoms with Crippen LogP contribution < -0.4 is 10.1 Å². The first kappa shape index (κ1) is 16.8. The van der Waals surface area contributed by atoms with E-state index in [4.69, 9.17) is 4.74 Å². The molecule has 0 aliphatic carbocycles. The fraction of sp³-hybridized carbons (Fsp3) is 0.588. The number of hydrogen-bond acceptors (Lipinski definition) is 4. The summed E-state index contributed by atoms with van der Waals surface area (Å²) in [5.41, 5.74) is 1.34. The van der Waals surface area contributed by atoms with Gasteiger partial charge in [0.05, 0.1) is 13.7 Å². The summed E-state index contributed by atoms with van der Waals surface area (Å²) in [5, 5.41) is 2.86. The molecule has 1 aromatic carbocycles. The van der Waals surface area contributed by atoms with Crippen LogP contribution in [0.25, 0.3) is 0 Å². The summed E-state index contributed by atoms with van der Waals surface area (Å²) in [7, 11) is 1.69. The van der Waals surface area contributed by atoms with Crippen LogP contribution in [0.2, 0.25) is 0 Å². The number of carbonyl (C=O) groups excluding carboxylic acids is 1. The van der Waals surface area contributed by atoms with Gasteiger partial charge in [0, 0.05) is 39.3 Å². The van der Waals surface area contributed by atoms with Crippen LogP contribution in [0.5, 0.6) is 5.75 Å². The molecule has 0 atom stereocenters. The Hall–Kier alpha value is -1.59. The molecular formula is C17H27N3O2. The summed E-state index contributed by atoms with van der Waals surface area (Å²) < 4.78 is 5.18. The van der Waals surface area contributed by atoms with Crippen LogP contribution in [0, 0.1) is 0 Å². The van der Waals surface area contributed by atoms with Crippen molar-refractivity contribution in [3.63, 3.8) is 0 Å². The number of ether oxygens (including phenoxy) is 1. The van der Waals surface area contributed by atoms with Gasteiger partial charge < -0.3 is 15.0 Å². The Labute approximate surface area is 133 Å². The largest absolute Gasteiger partial charge is 0.497 e. The number of carbonyl (C=O) groups is 1. The van der Waals surface area contributed by atoms with Crippen LogP contribution in [0.15, 0.2) is 24.3 Å². The molecule has 0 radical (unpaired) electrons. The van der Waals surface area contributed by atoms with Gasteiger partial charge in [-0.2, -0.15) is 0 Å². The highest BCUT2D eigenvalue weighted by Gasteiger charge is 2.18. The molecule has 5 heteroatoms. The molecule has 1 amide bonds. The maximum Gasteiger partial charge on any atom is 0.234 e. The average Bonchev–Trinajstić information content (AvgIpc) is 2.55. The quantitative estimate of drug-likeness (QED) is 0.816. The van der Waals surface area contributed by atoms with Gasteiger partial charge in [0.2, 0.25) is 5.91 Å². The van der Waals surface area contributed by atoms with E-state index in [1.54, 1.807) is 7.11 Å². The van der Waals surface area contributed by atoms with E-state index in [1.165, 1.54) is 5.56 Å². The molecule has 1 fully saturated rings. The third-order valence-electron chi connectivity index (χ3n) is 4.08. The number of piperazine rings is 1. The highest BCUT2D eigenvalue weighted by Crippen LogP contribution is 2.12. The summed E-state index contributed by atoms with van der Waals surface area (Å²) in [6, 6.07) is 8.29. The molecule has 122 valence electrons. The Morgan fingerprint density at radius 3 is 2.36 bits per heavy atom. The summed E-state index contributed by atoms with van der Waals surface area (Å²) in [5.74, 6) is 1.04. The lowest BCUT2D eigenvalue weighted by Gasteiger charge is -2.34. The molecule has 5 nitrogen and oxygen atoms in total. The van der Waals surface area contributed by atoms with E-state index >= 15 is 0 Å². The number of nitrogens with one attached hydrogen (secondary N) is 1. The van der Waals surface area contributed by atoms with Gasteiger partial charge >= 0.3 is 0 Å². The Kier molecular flexibility index (Phi) is 6.68. The van der Waals surface area contributed by atoms with Crippen molar-refractivity contribution in [1.82, 2.24) is 15.1 Å². The second-order valence-corrected chi connectivity index (χ2v) is 5.67. The summed E-state index contributed by atoms with van der Waals surface area (Å²) >= 11 is 0. The first-order valence-electron chi connectivity index (χ1n) is 8.05. The van der Waals surface area contributed by atoms with Crippen LogP contribution in [-0.4, -0.2) is 68.6 Å². The Morgan fingerprint density at radius 2 is 1.77 bits per heavy atom. The molecule has 0 aromatic heterocycles. The summed E-state index contributed by atoms with van der Waals surface area (Å²) in [4.78, 5) is 16.3. The lowest BCUT2D eigenvalue weighted by Crippen LogP contribution is -2.49. The van der Waals surface area contributed by atoms with Gasteiger partial charge in [0.1, 0.15) is 5.75 Å². The number of methoxy groups -OCH3 is 1. The Bertz CT molecular complexity index is 453. The van der Waals surface area contributed by atoms with Crippen molar-refractivity contribution >= 4 is 5.91 Å². The first-order valence-corrected chi connectivity index (χ1v) is 8.05. The minimum Gasteiger partial charge on any atom is -0.497 e. The van der Waals surface area contributed by atoms with Crippen LogP contribution in [-0.2, 0) is 11.2 Å². The molecule has 1 saturated heterocycles.